The van der Waals surface area contributed by atoms with E-state index in [1.807, 2.05) is 54.6 Å². The van der Waals surface area contributed by atoms with Crippen molar-refractivity contribution in [1.82, 2.24) is 9.80 Å². The number of fused-ring (bicyclic) bond motifs is 2. The maximum Gasteiger partial charge on any atom is 0.335 e. The molecule has 2 aliphatic heterocycles. The zero-order valence-electron chi connectivity index (χ0n) is 17.7. The lowest BCUT2D eigenvalue weighted by atomic mass is 10.1. The number of para-hydroxylation sites is 2. The van der Waals surface area contributed by atoms with E-state index in [0.717, 1.165) is 25.2 Å². The normalized spacial score (nSPS) is 16.0. The van der Waals surface area contributed by atoms with Crippen LogP contribution in [-0.2, 0) is 14.4 Å². The zero-order valence-corrected chi connectivity index (χ0v) is 18.5. The van der Waals surface area contributed by atoms with E-state index in [0.29, 0.717) is 11.4 Å². The molecular weight excluding hydrogens is 438 g/mol. The number of amides is 5. The second-order valence-electron chi connectivity index (χ2n) is 7.70. The van der Waals surface area contributed by atoms with Crippen molar-refractivity contribution >= 4 is 46.9 Å². The molecule has 3 aromatic carbocycles. The standard InChI is InChI=1S/C25H19N3O4S/c1-16(17-9-3-2-4-10-17)27-24(31)23(30)26(25(27)32)15-22(29)28-18-11-5-7-13-20(18)33-21-14-8-6-12-19(21)28/h2-14,16H,15H2,1H3. The van der Waals surface area contributed by atoms with Crippen LogP contribution in [0.4, 0.5) is 16.2 Å². The van der Waals surface area contributed by atoms with Gasteiger partial charge in [0.05, 0.1) is 17.4 Å². The summed E-state index contributed by atoms with van der Waals surface area (Å²) in [6.45, 7) is 1.15. The van der Waals surface area contributed by atoms with E-state index in [4.69, 9.17) is 0 Å². The Hall–Kier alpha value is -3.91. The Morgan fingerprint density at radius 1 is 0.788 bits per heavy atom. The van der Waals surface area contributed by atoms with Gasteiger partial charge >= 0.3 is 17.8 Å². The number of rotatable bonds is 4. The van der Waals surface area contributed by atoms with Gasteiger partial charge in [0.15, 0.2) is 0 Å². The predicted molar refractivity (Wildman–Crippen MR) is 123 cm³/mol. The molecular formula is C25H19N3O4S. The summed E-state index contributed by atoms with van der Waals surface area (Å²) in [4.78, 5) is 56.9. The van der Waals surface area contributed by atoms with Crippen molar-refractivity contribution in [3.05, 3.63) is 84.4 Å². The molecule has 1 unspecified atom stereocenters. The van der Waals surface area contributed by atoms with E-state index in [1.54, 1.807) is 43.0 Å². The van der Waals surface area contributed by atoms with E-state index in [9.17, 15) is 19.2 Å². The highest BCUT2D eigenvalue weighted by Gasteiger charge is 2.48. The average molecular weight is 458 g/mol. The summed E-state index contributed by atoms with van der Waals surface area (Å²) < 4.78 is 0. The minimum Gasteiger partial charge on any atom is -0.277 e. The van der Waals surface area contributed by atoms with Crippen molar-refractivity contribution in [2.75, 3.05) is 11.4 Å². The molecule has 7 nitrogen and oxygen atoms in total. The monoisotopic (exact) mass is 457 g/mol. The van der Waals surface area contributed by atoms with Gasteiger partial charge in [-0.05, 0) is 36.8 Å². The minimum absolute atomic E-state index is 0.473. The summed E-state index contributed by atoms with van der Waals surface area (Å²) in [7, 11) is 0. The molecule has 0 N–H and O–H groups in total. The first-order valence-electron chi connectivity index (χ1n) is 10.4. The van der Waals surface area contributed by atoms with Gasteiger partial charge in [0.25, 0.3) is 5.91 Å². The molecule has 0 aliphatic carbocycles. The second kappa shape index (κ2) is 8.22. The van der Waals surface area contributed by atoms with Crippen LogP contribution in [0.1, 0.15) is 18.5 Å². The summed E-state index contributed by atoms with van der Waals surface area (Å²) >= 11 is 1.55. The van der Waals surface area contributed by atoms with Crippen LogP contribution in [0, 0.1) is 0 Å². The lowest BCUT2D eigenvalue weighted by Gasteiger charge is -2.31. The maximum absolute atomic E-state index is 13.5. The van der Waals surface area contributed by atoms with Gasteiger partial charge in [-0.1, -0.05) is 66.4 Å². The number of carbonyl (C=O) groups is 4. The Morgan fingerprint density at radius 2 is 1.33 bits per heavy atom. The highest BCUT2D eigenvalue weighted by Crippen LogP contribution is 2.48. The number of hydrogen-bond donors (Lipinski definition) is 0. The van der Waals surface area contributed by atoms with Crippen LogP contribution in [0.25, 0.3) is 0 Å². The molecule has 5 rings (SSSR count). The van der Waals surface area contributed by atoms with E-state index in [-0.39, 0.29) is 0 Å². The lowest BCUT2D eigenvalue weighted by Crippen LogP contribution is -2.42. The number of urea groups is 1. The summed E-state index contributed by atoms with van der Waals surface area (Å²) in [5.74, 6) is -2.40. The first kappa shape index (κ1) is 21.0. The Labute approximate surface area is 194 Å². The highest BCUT2D eigenvalue weighted by molar-refractivity contribution is 7.99. The average Bonchev–Trinajstić information content (AvgIpc) is 3.05. The molecule has 1 saturated heterocycles. The van der Waals surface area contributed by atoms with Crippen LogP contribution in [0.5, 0.6) is 0 Å². The molecule has 0 saturated carbocycles. The summed E-state index contributed by atoms with van der Waals surface area (Å²) in [5, 5.41) is 0. The smallest absolute Gasteiger partial charge is 0.277 e. The fraction of sp³-hybridized carbons (Fsp3) is 0.120. The molecule has 0 radical (unpaired) electrons. The molecule has 0 spiro atoms. The Balaban J connectivity index is 1.45. The fourth-order valence-corrected chi connectivity index (χ4v) is 5.12. The molecule has 164 valence electrons. The van der Waals surface area contributed by atoms with Gasteiger partial charge in [0.2, 0.25) is 0 Å². The van der Waals surface area contributed by atoms with Gasteiger partial charge in [-0.3, -0.25) is 19.3 Å². The molecule has 1 fully saturated rings. The largest absolute Gasteiger partial charge is 0.335 e. The van der Waals surface area contributed by atoms with Crippen molar-refractivity contribution in [1.29, 1.82) is 0 Å². The van der Waals surface area contributed by atoms with E-state index in [1.165, 1.54) is 4.90 Å². The Kier molecular flexibility index (Phi) is 5.22. The summed E-state index contributed by atoms with van der Waals surface area (Å²) in [6, 6.07) is 22.4. The topological polar surface area (TPSA) is 78.0 Å². The number of carbonyl (C=O) groups excluding carboxylic acids is 4. The first-order chi connectivity index (χ1) is 16.0. The number of nitrogens with zero attached hydrogens (tertiary/aromatic N) is 3. The molecule has 33 heavy (non-hydrogen) atoms. The van der Waals surface area contributed by atoms with E-state index in [2.05, 4.69) is 0 Å². The third-order valence-electron chi connectivity index (χ3n) is 5.73. The van der Waals surface area contributed by atoms with Gasteiger partial charge in [-0.2, -0.15) is 0 Å². The second-order valence-corrected chi connectivity index (χ2v) is 8.79. The van der Waals surface area contributed by atoms with Gasteiger partial charge in [-0.15, -0.1) is 0 Å². The van der Waals surface area contributed by atoms with Crippen molar-refractivity contribution in [3.8, 4) is 0 Å². The van der Waals surface area contributed by atoms with Crippen LogP contribution < -0.4 is 4.90 Å². The van der Waals surface area contributed by atoms with Gasteiger partial charge < -0.3 is 0 Å². The van der Waals surface area contributed by atoms with Crippen LogP contribution in [0.15, 0.2) is 88.7 Å². The molecule has 2 heterocycles. The molecule has 0 bridgehead atoms. The first-order valence-corrected chi connectivity index (χ1v) is 11.2. The quantitative estimate of drug-likeness (QED) is 0.430. The Morgan fingerprint density at radius 3 is 1.94 bits per heavy atom. The van der Waals surface area contributed by atoms with E-state index >= 15 is 0 Å². The third-order valence-corrected chi connectivity index (χ3v) is 6.86. The van der Waals surface area contributed by atoms with E-state index < -0.39 is 36.3 Å². The zero-order chi connectivity index (χ0) is 23.1. The molecule has 5 amide bonds. The van der Waals surface area contributed by atoms with Crippen molar-refractivity contribution in [2.45, 2.75) is 22.8 Å². The van der Waals surface area contributed by atoms with Crippen LogP contribution in [0.3, 0.4) is 0 Å². The third kappa shape index (κ3) is 3.48. The maximum atomic E-state index is 13.5. The molecule has 3 aromatic rings. The summed E-state index contributed by atoms with van der Waals surface area (Å²) in [6.07, 6.45) is 0. The lowest BCUT2D eigenvalue weighted by molar-refractivity contribution is -0.144. The van der Waals surface area contributed by atoms with Crippen LogP contribution in [0.2, 0.25) is 0 Å². The number of imide groups is 2. The van der Waals surface area contributed by atoms with Crippen molar-refractivity contribution < 1.29 is 19.2 Å². The number of hydrogen-bond acceptors (Lipinski definition) is 5. The highest BCUT2D eigenvalue weighted by atomic mass is 32.2. The fourth-order valence-electron chi connectivity index (χ4n) is 4.06. The van der Waals surface area contributed by atoms with Crippen molar-refractivity contribution in [3.63, 3.8) is 0 Å². The molecule has 8 heteroatoms. The van der Waals surface area contributed by atoms with Crippen molar-refractivity contribution in [2.24, 2.45) is 0 Å². The van der Waals surface area contributed by atoms with Gasteiger partial charge in [0, 0.05) is 9.79 Å². The molecule has 0 aromatic heterocycles. The van der Waals surface area contributed by atoms with Crippen LogP contribution in [-0.4, -0.2) is 40.1 Å². The SMILES string of the molecule is CC(c1ccccc1)N1C(=O)C(=O)N(CC(=O)N2c3ccccc3Sc3ccccc32)C1=O. The predicted octanol–water partition coefficient (Wildman–Crippen LogP) is 4.37. The minimum atomic E-state index is -0.996. The van der Waals surface area contributed by atoms with Gasteiger partial charge in [-0.25, -0.2) is 14.6 Å². The molecule has 2 aliphatic rings. The number of benzene rings is 3. The summed E-state index contributed by atoms with van der Waals surface area (Å²) in [5.41, 5.74) is 2.06. The molecule has 1 atom stereocenters. The van der Waals surface area contributed by atoms with Crippen LogP contribution >= 0.6 is 11.8 Å². The van der Waals surface area contributed by atoms with Gasteiger partial charge in [0.1, 0.15) is 6.54 Å². The number of anilines is 2. The Bertz CT molecular complexity index is 1250.